The van der Waals surface area contributed by atoms with E-state index in [2.05, 4.69) is 5.32 Å². The Morgan fingerprint density at radius 1 is 0.976 bits per heavy atom. The molecule has 3 aromatic rings. The van der Waals surface area contributed by atoms with Gasteiger partial charge in [0.05, 0.1) is 17.7 Å². The molecule has 1 N–H and O–H groups in total. The van der Waals surface area contributed by atoms with Crippen LogP contribution in [0.25, 0.3) is 0 Å². The summed E-state index contributed by atoms with van der Waals surface area (Å²) in [6.07, 6.45) is 1.66. The lowest BCUT2D eigenvalue weighted by Crippen LogP contribution is -2.51. The molecule has 11 heteroatoms. The van der Waals surface area contributed by atoms with Crippen molar-refractivity contribution in [3.8, 4) is 5.75 Å². The Balaban J connectivity index is 2.08. The molecule has 0 aliphatic rings. The number of sulfonamides is 1. The van der Waals surface area contributed by atoms with Gasteiger partial charge in [-0.3, -0.25) is 13.9 Å². The molecule has 0 fully saturated rings. The molecule has 0 aliphatic heterocycles. The lowest BCUT2D eigenvalue weighted by atomic mass is 10.1. The molecule has 220 valence electrons. The molecule has 2 amide bonds. The van der Waals surface area contributed by atoms with Crippen LogP contribution in [0.1, 0.15) is 37.8 Å². The minimum absolute atomic E-state index is 0.00728. The molecule has 0 radical (unpaired) electrons. The summed E-state index contributed by atoms with van der Waals surface area (Å²) in [5.41, 5.74) is 1.51. The molecule has 0 aliphatic carbocycles. The lowest BCUT2D eigenvalue weighted by Gasteiger charge is -2.32. The highest BCUT2D eigenvalue weighted by molar-refractivity contribution is 7.92. The van der Waals surface area contributed by atoms with E-state index in [9.17, 15) is 18.0 Å². The number of para-hydroxylation sites is 2. The van der Waals surface area contributed by atoms with Crippen LogP contribution >= 0.6 is 23.2 Å². The van der Waals surface area contributed by atoms with Crippen LogP contribution in [0, 0.1) is 6.92 Å². The van der Waals surface area contributed by atoms with Crippen LogP contribution in [0.2, 0.25) is 10.0 Å². The predicted octanol–water partition coefficient (Wildman–Crippen LogP) is 5.84. The summed E-state index contributed by atoms with van der Waals surface area (Å²) in [5, 5.41) is 3.49. The first kappa shape index (κ1) is 32.2. The van der Waals surface area contributed by atoms with Gasteiger partial charge in [0.25, 0.3) is 10.0 Å². The van der Waals surface area contributed by atoms with Crippen LogP contribution < -0.4 is 14.4 Å². The van der Waals surface area contributed by atoms with Gasteiger partial charge in [0.1, 0.15) is 18.3 Å². The fraction of sp³-hybridized carbons (Fsp3) is 0.333. The van der Waals surface area contributed by atoms with E-state index in [1.807, 2.05) is 13.8 Å². The van der Waals surface area contributed by atoms with Crippen LogP contribution in [0.3, 0.4) is 0 Å². The molecule has 41 heavy (non-hydrogen) atoms. The summed E-state index contributed by atoms with van der Waals surface area (Å²) in [6, 6.07) is 16.9. The van der Waals surface area contributed by atoms with Crippen molar-refractivity contribution < 1.29 is 22.7 Å². The van der Waals surface area contributed by atoms with Crippen molar-refractivity contribution in [3.63, 3.8) is 0 Å². The highest BCUT2D eigenvalue weighted by Crippen LogP contribution is 2.33. The monoisotopic (exact) mass is 619 g/mol. The van der Waals surface area contributed by atoms with Crippen molar-refractivity contribution in [2.45, 2.75) is 51.1 Å². The second-order valence-corrected chi connectivity index (χ2v) is 12.2. The predicted molar refractivity (Wildman–Crippen MR) is 163 cm³/mol. The number of amides is 2. The summed E-state index contributed by atoms with van der Waals surface area (Å²) in [4.78, 5) is 28.5. The third-order valence-electron chi connectivity index (χ3n) is 6.63. The van der Waals surface area contributed by atoms with Crippen molar-refractivity contribution >= 4 is 50.7 Å². The summed E-state index contributed by atoms with van der Waals surface area (Å²) < 4.78 is 34.4. The Bertz CT molecular complexity index is 1440. The van der Waals surface area contributed by atoms with Gasteiger partial charge in [-0.1, -0.05) is 72.4 Å². The van der Waals surface area contributed by atoms with E-state index in [1.54, 1.807) is 61.5 Å². The van der Waals surface area contributed by atoms with Gasteiger partial charge in [-0.25, -0.2) is 8.42 Å². The number of unbranched alkanes of at least 4 members (excludes halogenated alkanes) is 1. The van der Waals surface area contributed by atoms with Gasteiger partial charge < -0.3 is 15.0 Å². The quantitative estimate of drug-likeness (QED) is 0.243. The molecule has 0 aromatic heterocycles. The van der Waals surface area contributed by atoms with Crippen LogP contribution in [-0.4, -0.2) is 51.4 Å². The first-order valence-electron chi connectivity index (χ1n) is 13.2. The molecule has 0 spiro atoms. The van der Waals surface area contributed by atoms with Gasteiger partial charge in [-0.15, -0.1) is 0 Å². The fourth-order valence-electron chi connectivity index (χ4n) is 4.16. The number of nitrogens with zero attached hydrogens (tertiary/aromatic N) is 2. The van der Waals surface area contributed by atoms with E-state index in [4.69, 9.17) is 27.9 Å². The standard InChI is InChI=1S/C30H35Cl2N3O5S/c1-5-6-18-33-30(37)22(3)34(19-24-25(31)10-9-11-26(24)32)29(36)20-35(27-12-7-8-13-28(27)40-4)41(38,39)23-16-14-21(2)15-17-23/h7-17,22H,5-6,18-20H2,1-4H3,(H,33,37)/t22-/m0/s1. The molecule has 0 bridgehead atoms. The van der Waals surface area contributed by atoms with E-state index >= 15 is 0 Å². The van der Waals surface area contributed by atoms with E-state index < -0.39 is 28.5 Å². The largest absolute Gasteiger partial charge is 0.495 e. The van der Waals surface area contributed by atoms with Crippen LogP contribution in [0.4, 0.5) is 5.69 Å². The Morgan fingerprint density at radius 3 is 2.22 bits per heavy atom. The summed E-state index contributed by atoms with van der Waals surface area (Å²) in [6.45, 7) is 5.18. The number of carbonyl (C=O) groups is 2. The van der Waals surface area contributed by atoms with E-state index in [0.717, 1.165) is 22.7 Å². The van der Waals surface area contributed by atoms with Crippen molar-refractivity contribution in [1.82, 2.24) is 10.2 Å². The minimum Gasteiger partial charge on any atom is -0.495 e. The number of benzene rings is 3. The maximum Gasteiger partial charge on any atom is 0.264 e. The van der Waals surface area contributed by atoms with Gasteiger partial charge in [0, 0.05) is 28.7 Å². The van der Waals surface area contributed by atoms with E-state index in [-0.39, 0.29) is 28.8 Å². The smallest absolute Gasteiger partial charge is 0.264 e. The van der Waals surface area contributed by atoms with Gasteiger partial charge in [0.2, 0.25) is 11.8 Å². The number of nitrogens with one attached hydrogen (secondary N) is 1. The molecule has 0 unspecified atom stereocenters. The van der Waals surface area contributed by atoms with Crippen molar-refractivity contribution in [2.75, 3.05) is 24.5 Å². The SMILES string of the molecule is CCCCNC(=O)[C@H](C)N(Cc1c(Cl)cccc1Cl)C(=O)CN(c1ccccc1OC)S(=O)(=O)c1ccc(C)cc1. The Morgan fingerprint density at radius 2 is 1.61 bits per heavy atom. The summed E-state index contributed by atoms with van der Waals surface area (Å²) in [7, 11) is -2.81. The topological polar surface area (TPSA) is 96.0 Å². The van der Waals surface area contributed by atoms with Gasteiger partial charge in [-0.05, 0) is 56.7 Å². The Hall–Kier alpha value is -3.27. The van der Waals surface area contributed by atoms with Gasteiger partial charge in [-0.2, -0.15) is 0 Å². The maximum absolute atomic E-state index is 14.1. The zero-order valence-corrected chi connectivity index (χ0v) is 25.9. The van der Waals surface area contributed by atoms with E-state index in [1.165, 1.54) is 24.1 Å². The first-order valence-corrected chi connectivity index (χ1v) is 15.4. The van der Waals surface area contributed by atoms with Gasteiger partial charge in [0.15, 0.2) is 0 Å². The number of carbonyl (C=O) groups excluding carboxylic acids is 2. The van der Waals surface area contributed by atoms with Crippen LogP contribution in [0.15, 0.2) is 71.6 Å². The molecular weight excluding hydrogens is 585 g/mol. The zero-order chi connectivity index (χ0) is 30.2. The zero-order valence-electron chi connectivity index (χ0n) is 23.6. The molecule has 0 heterocycles. The number of rotatable bonds is 13. The molecule has 0 saturated heterocycles. The normalized spacial score (nSPS) is 12.0. The second kappa shape index (κ2) is 14.6. The molecule has 8 nitrogen and oxygen atoms in total. The number of halogens is 2. The second-order valence-electron chi connectivity index (χ2n) is 9.54. The average molecular weight is 621 g/mol. The lowest BCUT2D eigenvalue weighted by molar-refractivity contribution is -0.139. The summed E-state index contributed by atoms with van der Waals surface area (Å²) in [5.74, 6) is -0.733. The van der Waals surface area contributed by atoms with Crippen molar-refractivity contribution in [2.24, 2.45) is 0 Å². The molecule has 1 atom stereocenters. The molecule has 3 rings (SSSR count). The number of aryl methyl sites for hydroxylation is 1. The maximum atomic E-state index is 14.1. The molecular formula is C30H35Cl2N3O5S. The molecule has 0 saturated carbocycles. The Labute approximate surface area is 252 Å². The average Bonchev–Trinajstić information content (AvgIpc) is 2.95. The highest BCUT2D eigenvalue weighted by atomic mass is 35.5. The number of hydrogen-bond donors (Lipinski definition) is 1. The van der Waals surface area contributed by atoms with Crippen molar-refractivity contribution in [1.29, 1.82) is 0 Å². The Kier molecular flexibility index (Phi) is 11.5. The minimum atomic E-state index is -4.23. The van der Waals surface area contributed by atoms with E-state index in [0.29, 0.717) is 22.2 Å². The highest BCUT2D eigenvalue weighted by Gasteiger charge is 2.34. The number of anilines is 1. The van der Waals surface area contributed by atoms with Crippen LogP contribution in [-0.2, 0) is 26.2 Å². The number of hydrogen-bond acceptors (Lipinski definition) is 5. The summed E-state index contributed by atoms with van der Waals surface area (Å²) >= 11 is 12.9. The van der Waals surface area contributed by atoms with Gasteiger partial charge >= 0.3 is 0 Å². The number of ether oxygens (including phenoxy) is 1. The first-order chi connectivity index (χ1) is 19.5. The van der Waals surface area contributed by atoms with Crippen LogP contribution in [0.5, 0.6) is 5.75 Å². The fourth-order valence-corrected chi connectivity index (χ4v) is 6.10. The van der Waals surface area contributed by atoms with Crippen molar-refractivity contribution in [3.05, 3.63) is 87.9 Å². The third-order valence-corrected chi connectivity index (χ3v) is 9.11. The molecule has 3 aromatic carbocycles. The third kappa shape index (κ3) is 7.93. The number of methoxy groups -OCH3 is 1.